The smallest absolute Gasteiger partial charge is 0.0869 e. The second kappa shape index (κ2) is 4.68. The van der Waals surface area contributed by atoms with E-state index in [1.54, 1.807) is 0 Å². The van der Waals surface area contributed by atoms with Crippen molar-refractivity contribution >= 4 is 10.9 Å². The summed E-state index contributed by atoms with van der Waals surface area (Å²) in [4.78, 5) is 3.35. The number of aromatic amines is 1. The number of H-pyrrole nitrogens is 1. The summed E-state index contributed by atoms with van der Waals surface area (Å²) < 4.78 is 5.56. The number of aromatic nitrogens is 1. The maximum absolute atomic E-state index is 5.61. The summed E-state index contributed by atoms with van der Waals surface area (Å²) in [7, 11) is 0. The summed E-state index contributed by atoms with van der Waals surface area (Å²) in [5.74, 6) is 0. The Hall–Kier alpha value is -1.32. The number of nitrogens with two attached hydrogens (primary N) is 1. The quantitative estimate of drug-likeness (QED) is 0.828. The summed E-state index contributed by atoms with van der Waals surface area (Å²) in [6, 6.07) is 8.36. The van der Waals surface area contributed by atoms with Crippen molar-refractivity contribution in [3.8, 4) is 0 Å². The predicted molar refractivity (Wildman–Crippen MR) is 66.1 cm³/mol. The van der Waals surface area contributed by atoms with Gasteiger partial charge < -0.3 is 15.5 Å². The van der Waals surface area contributed by atoms with Crippen LogP contribution >= 0.6 is 0 Å². The van der Waals surface area contributed by atoms with Gasteiger partial charge in [-0.2, -0.15) is 0 Å². The molecule has 0 saturated carbocycles. The number of rotatable bonds is 4. The van der Waals surface area contributed by atoms with Crippen LogP contribution in [0.3, 0.4) is 0 Å². The molecule has 1 aromatic carbocycles. The molecule has 0 atom stereocenters. The SMILES string of the molecule is CC(C)OCc1cc2ccc(CN)cc2[nH]1. The fraction of sp³-hybridized carbons (Fsp3) is 0.385. The highest BCUT2D eigenvalue weighted by atomic mass is 16.5. The van der Waals surface area contributed by atoms with Crippen molar-refractivity contribution in [2.45, 2.75) is 33.1 Å². The summed E-state index contributed by atoms with van der Waals surface area (Å²) in [5, 5.41) is 1.21. The first kappa shape index (κ1) is 11.2. The third kappa shape index (κ3) is 2.43. The molecule has 2 aromatic rings. The number of hydrogen-bond acceptors (Lipinski definition) is 2. The second-order valence-corrected chi connectivity index (χ2v) is 4.28. The molecule has 0 aliphatic rings. The van der Waals surface area contributed by atoms with Gasteiger partial charge in [-0.25, -0.2) is 0 Å². The molecule has 3 nitrogen and oxygen atoms in total. The fourth-order valence-electron chi connectivity index (χ4n) is 1.70. The van der Waals surface area contributed by atoms with E-state index in [2.05, 4.69) is 29.2 Å². The van der Waals surface area contributed by atoms with Crippen molar-refractivity contribution in [3.05, 3.63) is 35.5 Å². The first-order chi connectivity index (χ1) is 7.69. The fourth-order valence-corrected chi connectivity index (χ4v) is 1.70. The van der Waals surface area contributed by atoms with Gasteiger partial charge in [0.25, 0.3) is 0 Å². The third-order valence-electron chi connectivity index (χ3n) is 2.55. The minimum atomic E-state index is 0.256. The van der Waals surface area contributed by atoms with Crippen LogP contribution in [0.1, 0.15) is 25.1 Å². The van der Waals surface area contributed by atoms with E-state index >= 15 is 0 Å². The molecule has 0 bridgehead atoms. The second-order valence-electron chi connectivity index (χ2n) is 4.28. The predicted octanol–water partition coefficient (Wildman–Crippen LogP) is 2.55. The van der Waals surface area contributed by atoms with Crippen LogP contribution in [0.2, 0.25) is 0 Å². The highest BCUT2D eigenvalue weighted by Gasteiger charge is 2.02. The molecular weight excluding hydrogens is 200 g/mol. The molecule has 86 valence electrons. The van der Waals surface area contributed by atoms with Gasteiger partial charge in [0, 0.05) is 17.8 Å². The Morgan fingerprint density at radius 1 is 1.31 bits per heavy atom. The topological polar surface area (TPSA) is 51.0 Å². The van der Waals surface area contributed by atoms with E-state index in [9.17, 15) is 0 Å². The molecule has 0 fully saturated rings. The van der Waals surface area contributed by atoms with Crippen LogP contribution in [0.5, 0.6) is 0 Å². The van der Waals surface area contributed by atoms with E-state index in [1.807, 2.05) is 13.8 Å². The van der Waals surface area contributed by atoms with Gasteiger partial charge in [-0.1, -0.05) is 12.1 Å². The minimum Gasteiger partial charge on any atom is -0.373 e. The zero-order valence-corrected chi connectivity index (χ0v) is 9.79. The highest BCUT2D eigenvalue weighted by Crippen LogP contribution is 2.17. The van der Waals surface area contributed by atoms with Crippen molar-refractivity contribution in [2.24, 2.45) is 5.73 Å². The number of fused-ring (bicyclic) bond motifs is 1. The summed E-state index contributed by atoms with van der Waals surface area (Å²) in [5.41, 5.74) is 8.99. The summed E-state index contributed by atoms with van der Waals surface area (Å²) in [6.07, 6.45) is 0.256. The summed E-state index contributed by atoms with van der Waals surface area (Å²) in [6.45, 7) is 5.28. The number of hydrogen-bond donors (Lipinski definition) is 2. The lowest BCUT2D eigenvalue weighted by atomic mass is 10.2. The molecule has 1 heterocycles. The Balaban J connectivity index is 2.22. The number of benzene rings is 1. The molecule has 3 heteroatoms. The maximum Gasteiger partial charge on any atom is 0.0869 e. The van der Waals surface area contributed by atoms with E-state index in [1.165, 1.54) is 5.39 Å². The monoisotopic (exact) mass is 218 g/mol. The number of nitrogens with one attached hydrogen (secondary N) is 1. The highest BCUT2D eigenvalue weighted by molar-refractivity contribution is 5.81. The molecule has 2 rings (SSSR count). The molecular formula is C13H18N2O. The lowest BCUT2D eigenvalue weighted by molar-refractivity contribution is 0.0639. The van der Waals surface area contributed by atoms with Crippen LogP contribution in [0, 0.1) is 0 Å². The van der Waals surface area contributed by atoms with Gasteiger partial charge in [0.1, 0.15) is 0 Å². The van der Waals surface area contributed by atoms with Gasteiger partial charge in [-0.05, 0) is 36.9 Å². The van der Waals surface area contributed by atoms with Crippen LogP contribution in [-0.4, -0.2) is 11.1 Å². The molecule has 0 saturated heterocycles. The van der Waals surface area contributed by atoms with Gasteiger partial charge in [0.15, 0.2) is 0 Å². The van der Waals surface area contributed by atoms with E-state index in [4.69, 9.17) is 10.5 Å². The molecule has 0 spiro atoms. The Kier molecular flexibility index (Phi) is 3.27. The van der Waals surface area contributed by atoms with Crippen LogP contribution < -0.4 is 5.73 Å². The molecule has 0 aliphatic heterocycles. The van der Waals surface area contributed by atoms with Gasteiger partial charge >= 0.3 is 0 Å². The van der Waals surface area contributed by atoms with Gasteiger partial charge in [0.05, 0.1) is 12.7 Å². The zero-order valence-electron chi connectivity index (χ0n) is 9.79. The average Bonchev–Trinajstić information content (AvgIpc) is 2.67. The van der Waals surface area contributed by atoms with Crippen molar-refractivity contribution < 1.29 is 4.74 Å². The van der Waals surface area contributed by atoms with Crippen LogP contribution in [0.4, 0.5) is 0 Å². The van der Waals surface area contributed by atoms with E-state index in [0.717, 1.165) is 16.8 Å². The molecule has 0 amide bonds. The molecule has 3 N–H and O–H groups in total. The summed E-state index contributed by atoms with van der Waals surface area (Å²) >= 11 is 0. The van der Waals surface area contributed by atoms with Crippen molar-refractivity contribution in [3.63, 3.8) is 0 Å². The lowest BCUT2D eigenvalue weighted by Gasteiger charge is -2.04. The molecule has 0 radical (unpaired) electrons. The standard InChI is InChI=1S/C13H18N2O/c1-9(2)16-8-12-6-11-4-3-10(7-14)5-13(11)15-12/h3-6,9,15H,7-8,14H2,1-2H3. The van der Waals surface area contributed by atoms with Gasteiger partial charge in [-0.15, -0.1) is 0 Å². The maximum atomic E-state index is 5.61. The van der Waals surface area contributed by atoms with Crippen molar-refractivity contribution in [1.29, 1.82) is 0 Å². The first-order valence-corrected chi connectivity index (χ1v) is 5.61. The Morgan fingerprint density at radius 2 is 2.12 bits per heavy atom. The van der Waals surface area contributed by atoms with Crippen LogP contribution in [-0.2, 0) is 17.9 Å². The largest absolute Gasteiger partial charge is 0.373 e. The average molecular weight is 218 g/mol. The van der Waals surface area contributed by atoms with Gasteiger partial charge in [-0.3, -0.25) is 0 Å². The van der Waals surface area contributed by atoms with Crippen molar-refractivity contribution in [1.82, 2.24) is 4.98 Å². The molecule has 16 heavy (non-hydrogen) atoms. The third-order valence-corrected chi connectivity index (χ3v) is 2.55. The normalized spacial score (nSPS) is 11.5. The van der Waals surface area contributed by atoms with E-state index in [0.29, 0.717) is 13.2 Å². The lowest BCUT2D eigenvalue weighted by Crippen LogP contribution is -2.02. The first-order valence-electron chi connectivity index (χ1n) is 5.61. The van der Waals surface area contributed by atoms with E-state index in [-0.39, 0.29) is 6.10 Å². The minimum absolute atomic E-state index is 0.256. The Morgan fingerprint density at radius 3 is 2.81 bits per heavy atom. The Labute approximate surface area is 95.6 Å². The number of ether oxygens (including phenoxy) is 1. The van der Waals surface area contributed by atoms with Gasteiger partial charge in [0.2, 0.25) is 0 Å². The molecule has 1 aromatic heterocycles. The molecule has 0 aliphatic carbocycles. The Bertz CT molecular complexity index is 474. The zero-order chi connectivity index (χ0) is 11.5. The van der Waals surface area contributed by atoms with Crippen LogP contribution in [0.15, 0.2) is 24.3 Å². The van der Waals surface area contributed by atoms with E-state index < -0.39 is 0 Å². The van der Waals surface area contributed by atoms with Crippen LogP contribution in [0.25, 0.3) is 10.9 Å². The van der Waals surface area contributed by atoms with Crippen molar-refractivity contribution in [2.75, 3.05) is 0 Å². The molecule has 0 unspecified atom stereocenters.